The van der Waals surface area contributed by atoms with E-state index in [-0.39, 0.29) is 46.0 Å². The fourth-order valence-electron chi connectivity index (χ4n) is 6.45. The number of H-pyrrole nitrogens is 1. The first kappa shape index (κ1) is 27.1. The summed E-state index contributed by atoms with van der Waals surface area (Å²) in [4.78, 5) is 28.1. The van der Waals surface area contributed by atoms with E-state index in [4.69, 9.17) is 10.7 Å². The number of pyridine rings is 1. The van der Waals surface area contributed by atoms with Gasteiger partial charge in [-0.3, -0.25) is 14.9 Å². The first-order valence-corrected chi connectivity index (χ1v) is 15.5. The van der Waals surface area contributed by atoms with E-state index in [9.17, 15) is 22.0 Å². The van der Waals surface area contributed by atoms with Crippen LogP contribution in [0.15, 0.2) is 53.9 Å². The van der Waals surface area contributed by atoms with Crippen molar-refractivity contribution in [2.45, 2.75) is 48.6 Å². The number of halogens is 2. The first-order chi connectivity index (χ1) is 20.6. The number of anilines is 1. The zero-order chi connectivity index (χ0) is 30.0. The topological polar surface area (TPSA) is 165 Å². The van der Waals surface area contributed by atoms with E-state index in [0.29, 0.717) is 41.0 Å². The average molecular weight is 606 g/mol. The minimum atomic E-state index is -3.81. The number of aromatic amines is 1. The van der Waals surface area contributed by atoms with Gasteiger partial charge in [0.1, 0.15) is 28.7 Å². The molecule has 4 aromatic heterocycles. The van der Waals surface area contributed by atoms with Crippen LogP contribution in [-0.2, 0) is 9.84 Å². The molecule has 220 valence electrons. The lowest BCUT2D eigenvalue weighted by Crippen LogP contribution is -2.46. The van der Waals surface area contributed by atoms with Crippen LogP contribution in [-0.4, -0.2) is 72.3 Å². The predicted molar refractivity (Wildman–Crippen MR) is 150 cm³/mol. The van der Waals surface area contributed by atoms with Gasteiger partial charge in [0.15, 0.2) is 15.5 Å². The maximum Gasteiger partial charge on any atom is 0.291 e. The lowest BCUT2D eigenvalue weighted by atomic mass is 9.87. The maximum atomic E-state index is 14.3. The van der Waals surface area contributed by atoms with Crippen LogP contribution in [0.4, 0.5) is 14.6 Å². The SMILES string of the molecule is CS(=O)(=O)c1c(C2C[C@H]3CC[C@@H](C2)N3C(=O)c2ncn[nH]2)nc2c(-c3ccc(-c4ccc(F)cc4F)nc3)cnn2c1N. The Morgan fingerprint density at radius 3 is 2.44 bits per heavy atom. The molecule has 2 bridgehead atoms. The molecule has 2 fully saturated rings. The van der Waals surface area contributed by atoms with Crippen LogP contribution >= 0.6 is 0 Å². The second-order valence-corrected chi connectivity index (χ2v) is 12.9. The fourth-order valence-corrected chi connectivity index (χ4v) is 7.51. The molecule has 3 N–H and O–H groups in total. The molecule has 2 aliphatic heterocycles. The Balaban J connectivity index is 1.28. The number of hydrogen-bond acceptors (Lipinski definition) is 9. The second kappa shape index (κ2) is 9.90. The van der Waals surface area contributed by atoms with Gasteiger partial charge in [-0.2, -0.15) is 14.7 Å². The molecule has 3 atom stereocenters. The number of hydrogen-bond donors (Lipinski definition) is 2. The highest BCUT2D eigenvalue weighted by Crippen LogP contribution is 2.45. The number of amides is 1. The summed E-state index contributed by atoms with van der Waals surface area (Å²) in [6.07, 6.45) is 7.98. The number of nitrogens with two attached hydrogens (primary N) is 1. The number of benzene rings is 1. The van der Waals surface area contributed by atoms with E-state index in [1.807, 2.05) is 4.90 Å². The summed E-state index contributed by atoms with van der Waals surface area (Å²) in [5, 5.41) is 10.7. The number of carbonyl (C=O) groups excluding carboxylic acids is 1. The van der Waals surface area contributed by atoms with Crippen LogP contribution in [0.3, 0.4) is 0 Å². The molecule has 2 saturated heterocycles. The van der Waals surface area contributed by atoms with Crippen LogP contribution < -0.4 is 5.73 Å². The smallest absolute Gasteiger partial charge is 0.291 e. The molecule has 0 aliphatic carbocycles. The zero-order valence-electron chi connectivity index (χ0n) is 22.8. The molecule has 1 unspecified atom stereocenters. The molecule has 12 nitrogen and oxygen atoms in total. The summed E-state index contributed by atoms with van der Waals surface area (Å²) in [6.45, 7) is 0. The van der Waals surface area contributed by atoms with Crippen molar-refractivity contribution < 1.29 is 22.0 Å². The third kappa shape index (κ3) is 4.50. The number of carbonyl (C=O) groups is 1. The van der Waals surface area contributed by atoms with Gasteiger partial charge in [0.25, 0.3) is 5.91 Å². The largest absolute Gasteiger partial charge is 0.382 e. The Morgan fingerprint density at radius 2 is 1.81 bits per heavy atom. The summed E-state index contributed by atoms with van der Waals surface area (Å²) in [7, 11) is -3.81. The van der Waals surface area contributed by atoms with Gasteiger partial charge in [-0.05, 0) is 43.9 Å². The molecule has 1 amide bonds. The Hall–Kier alpha value is -4.79. The van der Waals surface area contributed by atoms with Crippen molar-refractivity contribution in [2.24, 2.45) is 0 Å². The summed E-state index contributed by atoms with van der Waals surface area (Å²) in [5.41, 5.74) is 8.76. The first-order valence-electron chi connectivity index (χ1n) is 13.6. The lowest BCUT2D eigenvalue weighted by molar-refractivity contribution is 0.0556. The normalized spacial score (nSPS) is 20.2. The summed E-state index contributed by atoms with van der Waals surface area (Å²) >= 11 is 0. The van der Waals surface area contributed by atoms with Gasteiger partial charge < -0.3 is 10.6 Å². The zero-order valence-corrected chi connectivity index (χ0v) is 23.6. The number of nitrogens with one attached hydrogen (secondary N) is 1. The highest BCUT2D eigenvalue weighted by atomic mass is 32.2. The van der Waals surface area contributed by atoms with Gasteiger partial charge in [-0.1, -0.05) is 6.07 Å². The number of sulfone groups is 1. The van der Waals surface area contributed by atoms with Gasteiger partial charge in [0, 0.05) is 53.2 Å². The third-order valence-electron chi connectivity index (χ3n) is 8.29. The van der Waals surface area contributed by atoms with E-state index < -0.39 is 21.5 Å². The number of piperidine rings is 1. The van der Waals surface area contributed by atoms with E-state index in [1.165, 1.54) is 29.3 Å². The van der Waals surface area contributed by atoms with Crippen LogP contribution in [0.2, 0.25) is 0 Å². The average Bonchev–Trinajstić information content (AvgIpc) is 3.71. The minimum absolute atomic E-state index is 0.0563. The Labute approximate surface area is 243 Å². The third-order valence-corrected chi connectivity index (χ3v) is 9.45. The molecular formula is C28H25F2N9O3S. The Kier molecular flexibility index (Phi) is 6.23. The van der Waals surface area contributed by atoms with Gasteiger partial charge in [-0.25, -0.2) is 27.2 Å². The number of rotatable bonds is 5. The van der Waals surface area contributed by atoms with Gasteiger partial charge in [-0.15, -0.1) is 0 Å². The molecule has 5 aromatic rings. The summed E-state index contributed by atoms with van der Waals surface area (Å²) in [6, 6.07) is 6.34. The minimum Gasteiger partial charge on any atom is -0.382 e. The molecule has 0 radical (unpaired) electrons. The Morgan fingerprint density at radius 1 is 1.05 bits per heavy atom. The molecule has 0 spiro atoms. The van der Waals surface area contributed by atoms with Gasteiger partial charge in [0.05, 0.1) is 17.6 Å². The maximum absolute atomic E-state index is 14.3. The van der Waals surface area contributed by atoms with Crippen molar-refractivity contribution in [2.75, 3.05) is 12.0 Å². The van der Waals surface area contributed by atoms with Crippen LogP contribution in [0, 0.1) is 11.6 Å². The summed E-state index contributed by atoms with van der Waals surface area (Å²) < 4.78 is 55.1. The van der Waals surface area contributed by atoms with Crippen molar-refractivity contribution in [3.8, 4) is 22.4 Å². The van der Waals surface area contributed by atoms with Crippen molar-refractivity contribution in [3.63, 3.8) is 0 Å². The molecule has 1 aromatic carbocycles. The molecule has 6 heterocycles. The Bertz CT molecular complexity index is 1980. The molecule has 2 aliphatic rings. The van der Waals surface area contributed by atoms with Crippen LogP contribution in [0.5, 0.6) is 0 Å². The summed E-state index contributed by atoms with van der Waals surface area (Å²) in [5.74, 6) is -1.81. The number of fused-ring (bicyclic) bond motifs is 3. The van der Waals surface area contributed by atoms with E-state index in [1.54, 1.807) is 12.1 Å². The lowest BCUT2D eigenvalue weighted by Gasteiger charge is -2.38. The standard InChI is InChI=1S/C28H25F2N9O3S/c1-43(41,42)24-23(15-8-17-4-5-18(9-15)38(17)28(40)26-33-13-34-37-26)36-27-20(12-35-39(27)25(24)31)14-2-7-22(32-11-14)19-6-3-16(29)10-21(19)30/h2-3,6-7,10-13,15,17-18H,4-5,8-9,31H2,1H3,(H,33,34,37)/t15?,17-,18+. The van der Waals surface area contributed by atoms with Crippen molar-refractivity contribution in [3.05, 3.63) is 72.2 Å². The number of nitrogen functional groups attached to an aromatic ring is 1. The second-order valence-electron chi connectivity index (χ2n) is 10.9. The van der Waals surface area contributed by atoms with Crippen molar-refractivity contribution in [1.29, 1.82) is 0 Å². The quantitative estimate of drug-likeness (QED) is 0.305. The van der Waals surface area contributed by atoms with Gasteiger partial charge >= 0.3 is 0 Å². The van der Waals surface area contributed by atoms with E-state index in [2.05, 4.69) is 25.3 Å². The van der Waals surface area contributed by atoms with E-state index in [0.717, 1.165) is 31.2 Å². The number of aromatic nitrogens is 7. The highest BCUT2D eigenvalue weighted by Gasteiger charge is 2.46. The van der Waals surface area contributed by atoms with E-state index >= 15 is 0 Å². The molecular weight excluding hydrogens is 580 g/mol. The van der Waals surface area contributed by atoms with Crippen molar-refractivity contribution in [1.82, 2.24) is 39.7 Å². The predicted octanol–water partition coefficient (Wildman–Crippen LogP) is 3.39. The van der Waals surface area contributed by atoms with Crippen molar-refractivity contribution >= 4 is 27.2 Å². The molecule has 7 rings (SSSR count). The monoisotopic (exact) mass is 605 g/mol. The molecule has 0 saturated carbocycles. The fraction of sp³-hybridized carbons (Fsp3) is 0.286. The molecule has 43 heavy (non-hydrogen) atoms. The van der Waals surface area contributed by atoms with Gasteiger partial charge in [0.2, 0.25) is 5.82 Å². The number of nitrogens with zero attached hydrogens (tertiary/aromatic N) is 7. The molecule has 15 heteroatoms. The van der Waals surface area contributed by atoms with Crippen LogP contribution in [0.25, 0.3) is 28.0 Å². The van der Waals surface area contributed by atoms with Crippen LogP contribution in [0.1, 0.15) is 47.9 Å². The highest BCUT2D eigenvalue weighted by molar-refractivity contribution is 7.91.